The van der Waals surface area contributed by atoms with Crippen molar-refractivity contribution in [1.82, 2.24) is 10.6 Å². The fraction of sp³-hybridized carbons (Fsp3) is 0.300. The summed E-state index contributed by atoms with van der Waals surface area (Å²) in [7, 11) is 0. The van der Waals surface area contributed by atoms with Gasteiger partial charge in [0, 0.05) is 34.5 Å². The number of carbonyl (C=O) groups excluding carboxylic acids is 2. The number of allylic oxidation sites excluding steroid dienone is 3. The summed E-state index contributed by atoms with van der Waals surface area (Å²) in [6.45, 7) is 5.54. The van der Waals surface area contributed by atoms with Crippen LogP contribution in [0.2, 0.25) is 0 Å². The normalized spacial score (nSPS) is 18.0. The third-order valence-electron chi connectivity index (χ3n) is 4.84. The number of hydrogen-bond donors (Lipinski definition) is 3. The maximum atomic E-state index is 11.9. The molecule has 1 aromatic rings. The summed E-state index contributed by atoms with van der Waals surface area (Å²) in [4.78, 5) is 22.8. The lowest BCUT2D eigenvalue weighted by Crippen LogP contribution is -2.24. The molecule has 0 aliphatic carbocycles. The van der Waals surface area contributed by atoms with Gasteiger partial charge in [-0.15, -0.1) is 0 Å². The Labute approximate surface area is 161 Å². The Balaban J connectivity index is 1.99. The molecule has 26 heavy (non-hydrogen) atoms. The van der Waals surface area contributed by atoms with Crippen LogP contribution in [0.1, 0.15) is 32.3 Å². The average molecular weight is 416 g/mol. The van der Waals surface area contributed by atoms with Crippen LogP contribution in [0.15, 0.2) is 51.2 Å². The van der Waals surface area contributed by atoms with E-state index in [9.17, 15) is 9.59 Å². The summed E-state index contributed by atoms with van der Waals surface area (Å²) < 4.78 is 0.949. The summed E-state index contributed by atoms with van der Waals surface area (Å²) >= 11 is 3.49. The molecule has 0 unspecified atom stereocenters. The van der Waals surface area contributed by atoms with E-state index < -0.39 is 0 Å². The van der Waals surface area contributed by atoms with Gasteiger partial charge in [0.15, 0.2) is 0 Å². The van der Waals surface area contributed by atoms with Crippen LogP contribution < -0.4 is 16.0 Å². The van der Waals surface area contributed by atoms with E-state index >= 15 is 0 Å². The van der Waals surface area contributed by atoms with Crippen LogP contribution in [-0.4, -0.2) is 25.4 Å². The van der Waals surface area contributed by atoms with Crippen LogP contribution in [0.25, 0.3) is 5.57 Å². The number of nitrogens with one attached hydrogen (secondary N) is 3. The predicted octanol–water partition coefficient (Wildman–Crippen LogP) is 3.50. The lowest BCUT2D eigenvalue weighted by molar-refractivity contribution is -0.120. The molecular formula is C20H22BrN3O2. The molecule has 0 atom stereocenters. The zero-order valence-electron chi connectivity index (χ0n) is 14.9. The molecule has 2 heterocycles. The Morgan fingerprint density at radius 3 is 2.88 bits per heavy atom. The molecule has 136 valence electrons. The number of dihydropyridines is 1. The molecule has 0 fully saturated rings. The van der Waals surface area contributed by atoms with E-state index in [-0.39, 0.29) is 5.91 Å². The number of rotatable bonds is 4. The van der Waals surface area contributed by atoms with Gasteiger partial charge in [0.2, 0.25) is 12.3 Å². The summed E-state index contributed by atoms with van der Waals surface area (Å²) in [6, 6.07) is 5.75. The maximum absolute atomic E-state index is 11.9. The SMILES string of the molecule is CC1=C(/C=C(\C)c2cc(Br)ccc2NC=O)NCC2=C1CC(=O)NCC2. The molecule has 0 saturated carbocycles. The van der Waals surface area contributed by atoms with Crippen molar-refractivity contribution in [3.05, 3.63) is 56.7 Å². The first-order valence-electron chi connectivity index (χ1n) is 8.60. The Hall–Kier alpha value is -2.34. The monoisotopic (exact) mass is 415 g/mol. The maximum Gasteiger partial charge on any atom is 0.224 e. The second-order valence-corrected chi connectivity index (χ2v) is 7.45. The fourth-order valence-corrected chi connectivity index (χ4v) is 3.79. The van der Waals surface area contributed by atoms with Gasteiger partial charge < -0.3 is 16.0 Å². The first-order valence-corrected chi connectivity index (χ1v) is 9.40. The quantitative estimate of drug-likeness (QED) is 0.658. The van der Waals surface area contributed by atoms with Gasteiger partial charge in [-0.3, -0.25) is 9.59 Å². The van der Waals surface area contributed by atoms with Crippen LogP contribution in [0.5, 0.6) is 0 Å². The highest BCUT2D eigenvalue weighted by molar-refractivity contribution is 9.10. The van der Waals surface area contributed by atoms with Crippen LogP contribution in [0.3, 0.4) is 0 Å². The zero-order valence-corrected chi connectivity index (χ0v) is 16.5. The summed E-state index contributed by atoms with van der Waals surface area (Å²) in [5, 5.41) is 9.17. The molecule has 2 amide bonds. The van der Waals surface area contributed by atoms with Crippen molar-refractivity contribution in [2.75, 3.05) is 18.4 Å². The molecular weight excluding hydrogens is 394 g/mol. The van der Waals surface area contributed by atoms with Gasteiger partial charge in [-0.1, -0.05) is 15.9 Å². The molecule has 3 rings (SSSR count). The van der Waals surface area contributed by atoms with Gasteiger partial charge in [-0.05, 0) is 66.8 Å². The third kappa shape index (κ3) is 3.90. The van der Waals surface area contributed by atoms with Crippen LogP contribution in [0, 0.1) is 0 Å². The molecule has 6 heteroatoms. The van der Waals surface area contributed by atoms with E-state index in [1.54, 1.807) is 0 Å². The van der Waals surface area contributed by atoms with Crippen molar-refractivity contribution in [2.24, 2.45) is 0 Å². The highest BCUT2D eigenvalue weighted by atomic mass is 79.9. The lowest BCUT2D eigenvalue weighted by Gasteiger charge is -2.24. The van der Waals surface area contributed by atoms with Crippen LogP contribution in [-0.2, 0) is 9.59 Å². The summed E-state index contributed by atoms with van der Waals surface area (Å²) in [6.07, 6.45) is 4.10. The second-order valence-electron chi connectivity index (χ2n) is 6.53. The molecule has 2 aliphatic rings. The number of amides is 2. The Bertz CT molecular complexity index is 853. The minimum atomic E-state index is 0.0840. The van der Waals surface area contributed by atoms with E-state index in [2.05, 4.69) is 44.9 Å². The van der Waals surface area contributed by atoms with E-state index in [0.717, 1.165) is 51.1 Å². The highest BCUT2D eigenvalue weighted by Crippen LogP contribution is 2.32. The van der Waals surface area contributed by atoms with E-state index in [1.807, 2.05) is 25.1 Å². The largest absolute Gasteiger partial charge is 0.381 e. The summed E-state index contributed by atoms with van der Waals surface area (Å²) in [5.74, 6) is 0.0840. The molecule has 5 nitrogen and oxygen atoms in total. The topological polar surface area (TPSA) is 70.2 Å². The summed E-state index contributed by atoms with van der Waals surface area (Å²) in [5.41, 5.74) is 7.33. The first kappa shape index (κ1) is 18.5. The fourth-order valence-electron chi connectivity index (χ4n) is 3.43. The Morgan fingerprint density at radius 2 is 2.12 bits per heavy atom. The smallest absolute Gasteiger partial charge is 0.224 e. The second kappa shape index (κ2) is 7.91. The van der Waals surface area contributed by atoms with Gasteiger partial charge in [-0.2, -0.15) is 0 Å². The average Bonchev–Trinajstić information content (AvgIpc) is 2.80. The highest BCUT2D eigenvalue weighted by Gasteiger charge is 2.22. The minimum Gasteiger partial charge on any atom is -0.381 e. The number of anilines is 1. The minimum absolute atomic E-state index is 0.0840. The van der Waals surface area contributed by atoms with Gasteiger partial charge in [0.1, 0.15) is 0 Å². The first-order chi connectivity index (χ1) is 12.5. The molecule has 2 aliphatic heterocycles. The van der Waals surface area contributed by atoms with Gasteiger partial charge in [0.25, 0.3) is 0 Å². The van der Waals surface area contributed by atoms with Gasteiger partial charge in [0.05, 0.1) is 6.42 Å². The zero-order chi connectivity index (χ0) is 18.7. The van der Waals surface area contributed by atoms with Crippen LogP contribution >= 0.6 is 15.9 Å². The van der Waals surface area contributed by atoms with Crippen molar-refractivity contribution in [3.8, 4) is 0 Å². The number of halogens is 1. The standard InChI is InChI=1S/C20H22BrN3O2/c1-12(16-8-15(21)3-4-18(16)24-11-25)7-19-13(2)17-9-20(26)22-6-5-14(17)10-23-19/h3-4,7-8,11,23H,5-6,9-10H2,1-2H3,(H,22,26)(H,24,25)/b12-7+. The van der Waals surface area contributed by atoms with Crippen molar-refractivity contribution >= 4 is 39.5 Å². The van der Waals surface area contributed by atoms with Crippen molar-refractivity contribution in [2.45, 2.75) is 26.7 Å². The van der Waals surface area contributed by atoms with Crippen LogP contribution in [0.4, 0.5) is 5.69 Å². The van der Waals surface area contributed by atoms with Crippen molar-refractivity contribution in [1.29, 1.82) is 0 Å². The van der Waals surface area contributed by atoms with Gasteiger partial charge in [-0.25, -0.2) is 0 Å². The third-order valence-corrected chi connectivity index (χ3v) is 5.34. The van der Waals surface area contributed by atoms with E-state index in [4.69, 9.17) is 0 Å². The number of benzene rings is 1. The van der Waals surface area contributed by atoms with Crippen molar-refractivity contribution in [3.63, 3.8) is 0 Å². The Morgan fingerprint density at radius 1 is 1.31 bits per heavy atom. The molecule has 0 radical (unpaired) electrons. The molecule has 0 saturated heterocycles. The molecule has 0 bridgehead atoms. The molecule has 3 N–H and O–H groups in total. The predicted molar refractivity (Wildman–Crippen MR) is 107 cm³/mol. The Kier molecular flexibility index (Phi) is 5.61. The molecule has 1 aromatic carbocycles. The van der Waals surface area contributed by atoms with Gasteiger partial charge >= 0.3 is 0 Å². The molecule has 0 spiro atoms. The number of hydrogen-bond acceptors (Lipinski definition) is 3. The molecule has 0 aromatic heterocycles. The number of carbonyl (C=O) groups is 2. The van der Waals surface area contributed by atoms with Crippen molar-refractivity contribution < 1.29 is 9.59 Å². The van der Waals surface area contributed by atoms with E-state index in [1.165, 1.54) is 5.57 Å². The van der Waals surface area contributed by atoms with E-state index in [0.29, 0.717) is 19.4 Å². The lowest BCUT2D eigenvalue weighted by atomic mass is 9.91.